The maximum absolute atomic E-state index is 13.8. The minimum absolute atomic E-state index is 0.0319. The van der Waals surface area contributed by atoms with Crippen LogP contribution in [0.1, 0.15) is 37.7 Å². The van der Waals surface area contributed by atoms with E-state index >= 15 is 0 Å². The van der Waals surface area contributed by atoms with Crippen LogP contribution in [-0.4, -0.2) is 13.1 Å². The average Bonchev–Trinajstić information content (AvgIpc) is 2.31. The molecule has 1 aliphatic heterocycles. The highest BCUT2D eigenvalue weighted by atomic mass is 19.1. The Morgan fingerprint density at radius 1 is 1.38 bits per heavy atom. The summed E-state index contributed by atoms with van der Waals surface area (Å²) >= 11 is 0. The van der Waals surface area contributed by atoms with Crippen LogP contribution in [0.2, 0.25) is 0 Å². The Bertz CT molecular complexity index is 335. The lowest BCUT2D eigenvalue weighted by Crippen LogP contribution is -2.35. The van der Waals surface area contributed by atoms with Gasteiger partial charge in [-0.15, -0.1) is 0 Å². The van der Waals surface area contributed by atoms with Gasteiger partial charge in [0.15, 0.2) is 0 Å². The number of hydrogen-bond acceptors (Lipinski definition) is 1. The zero-order chi connectivity index (χ0) is 11.4. The average molecular weight is 221 g/mol. The topological polar surface area (TPSA) is 12.0 Å². The SMILES string of the molecule is CCCC1CNCCC1c1ccccc1F. The fourth-order valence-electron chi connectivity index (χ4n) is 2.78. The fourth-order valence-corrected chi connectivity index (χ4v) is 2.78. The van der Waals surface area contributed by atoms with E-state index in [1.54, 1.807) is 12.1 Å². The summed E-state index contributed by atoms with van der Waals surface area (Å²) in [5.74, 6) is 0.966. The molecule has 1 aromatic rings. The van der Waals surface area contributed by atoms with Crippen molar-refractivity contribution in [3.63, 3.8) is 0 Å². The monoisotopic (exact) mass is 221 g/mol. The summed E-state index contributed by atoms with van der Waals surface area (Å²) in [5.41, 5.74) is 0.919. The minimum atomic E-state index is -0.0319. The third kappa shape index (κ3) is 2.43. The van der Waals surface area contributed by atoms with Crippen molar-refractivity contribution in [2.45, 2.75) is 32.1 Å². The van der Waals surface area contributed by atoms with Crippen LogP contribution in [0.15, 0.2) is 24.3 Å². The van der Waals surface area contributed by atoms with Crippen molar-refractivity contribution in [2.24, 2.45) is 5.92 Å². The van der Waals surface area contributed by atoms with Gasteiger partial charge in [0, 0.05) is 0 Å². The molecular formula is C14H20FN. The molecule has 88 valence electrons. The van der Waals surface area contributed by atoms with Gasteiger partial charge in [0.25, 0.3) is 0 Å². The van der Waals surface area contributed by atoms with E-state index in [-0.39, 0.29) is 5.82 Å². The lowest BCUT2D eigenvalue weighted by molar-refractivity contribution is 0.301. The van der Waals surface area contributed by atoms with Gasteiger partial charge in [0.2, 0.25) is 0 Å². The first-order valence-electron chi connectivity index (χ1n) is 6.28. The first kappa shape index (κ1) is 11.6. The number of rotatable bonds is 3. The lowest BCUT2D eigenvalue weighted by atomic mass is 9.79. The van der Waals surface area contributed by atoms with Crippen molar-refractivity contribution < 1.29 is 4.39 Å². The standard InChI is InChI=1S/C14H20FN/c1-2-5-11-10-16-9-8-12(11)13-6-3-4-7-14(13)15/h3-4,6-7,11-12,16H,2,5,8-10H2,1H3. The smallest absolute Gasteiger partial charge is 0.126 e. The molecule has 2 atom stereocenters. The fraction of sp³-hybridized carbons (Fsp3) is 0.571. The molecule has 16 heavy (non-hydrogen) atoms. The van der Waals surface area contributed by atoms with Gasteiger partial charge in [-0.1, -0.05) is 31.5 Å². The largest absolute Gasteiger partial charge is 0.316 e. The maximum Gasteiger partial charge on any atom is 0.126 e. The molecule has 2 rings (SSSR count). The molecule has 0 aromatic heterocycles. The Labute approximate surface area is 97.1 Å². The van der Waals surface area contributed by atoms with Crippen LogP contribution >= 0.6 is 0 Å². The van der Waals surface area contributed by atoms with Gasteiger partial charge < -0.3 is 5.32 Å². The molecule has 0 radical (unpaired) electrons. The van der Waals surface area contributed by atoms with Crippen molar-refractivity contribution >= 4 is 0 Å². The Morgan fingerprint density at radius 3 is 2.94 bits per heavy atom. The molecule has 0 bridgehead atoms. The van der Waals surface area contributed by atoms with Crippen LogP contribution in [0.4, 0.5) is 4.39 Å². The Balaban J connectivity index is 2.19. The van der Waals surface area contributed by atoms with Gasteiger partial charge in [0.1, 0.15) is 5.82 Å². The number of piperidine rings is 1. The molecule has 2 heteroatoms. The predicted molar refractivity (Wildman–Crippen MR) is 65.0 cm³/mol. The van der Waals surface area contributed by atoms with Crippen molar-refractivity contribution in [2.75, 3.05) is 13.1 Å². The first-order valence-corrected chi connectivity index (χ1v) is 6.28. The zero-order valence-corrected chi connectivity index (χ0v) is 9.88. The van der Waals surface area contributed by atoms with E-state index in [9.17, 15) is 4.39 Å². The molecule has 1 nitrogen and oxygen atoms in total. The van der Waals surface area contributed by atoms with Crippen molar-refractivity contribution in [1.82, 2.24) is 5.32 Å². The van der Waals surface area contributed by atoms with Gasteiger partial charge in [0.05, 0.1) is 0 Å². The zero-order valence-electron chi connectivity index (χ0n) is 9.88. The van der Waals surface area contributed by atoms with Crippen molar-refractivity contribution in [3.8, 4) is 0 Å². The normalized spacial score (nSPS) is 25.6. The second-order valence-corrected chi connectivity index (χ2v) is 4.67. The highest BCUT2D eigenvalue weighted by Gasteiger charge is 2.27. The third-order valence-electron chi connectivity index (χ3n) is 3.57. The summed E-state index contributed by atoms with van der Waals surface area (Å²) in [5, 5.41) is 3.42. The van der Waals surface area contributed by atoms with Gasteiger partial charge in [-0.3, -0.25) is 0 Å². The Hall–Kier alpha value is -0.890. The van der Waals surface area contributed by atoms with Crippen LogP contribution in [0.5, 0.6) is 0 Å². The summed E-state index contributed by atoms with van der Waals surface area (Å²) in [6.07, 6.45) is 3.43. The van der Waals surface area contributed by atoms with E-state index < -0.39 is 0 Å². The Morgan fingerprint density at radius 2 is 2.19 bits per heavy atom. The molecule has 1 saturated heterocycles. The molecule has 1 fully saturated rings. The molecule has 1 N–H and O–H groups in total. The molecule has 1 aliphatic rings. The second kappa shape index (κ2) is 5.44. The van der Waals surface area contributed by atoms with Crippen LogP contribution in [0.3, 0.4) is 0 Å². The van der Waals surface area contributed by atoms with Crippen LogP contribution in [-0.2, 0) is 0 Å². The summed E-state index contributed by atoms with van der Waals surface area (Å²) in [4.78, 5) is 0. The van der Waals surface area contributed by atoms with Gasteiger partial charge >= 0.3 is 0 Å². The number of hydrogen-bond donors (Lipinski definition) is 1. The predicted octanol–water partition coefficient (Wildman–Crippen LogP) is 3.32. The maximum atomic E-state index is 13.8. The summed E-state index contributed by atoms with van der Waals surface area (Å²) in [7, 11) is 0. The van der Waals surface area contributed by atoms with Crippen LogP contribution in [0, 0.1) is 11.7 Å². The Kier molecular flexibility index (Phi) is 3.94. The quantitative estimate of drug-likeness (QED) is 0.825. The first-order chi connectivity index (χ1) is 7.83. The molecule has 0 saturated carbocycles. The van der Waals surface area contributed by atoms with Crippen molar-refractivity contribution in [3.05, 3.63) is 35.6 Å². The highest BCUT2D eigenvalue weighted by molar-refractivity contribution is 5.23. The van der Waals surface area contributed by atoms with Crippen LogP contribution < -0.4 is 5.32 Å². The van der Waals surface area contributed by atoms with Gasteiger partial charge in [-0.05, 0) is 49.4 Å². The third-order valence-corrected chi connectivity index (χ3v) is 3.57. The van der Waals surface area contributed by atoms with E-state index in [4.69, 9.17) is 0 Å². The second-order valence-electron chi connectivity index (χ2n) is 4.67. The molecule has 1 aromatic carbocycles. The van der Waals surface area contributed by atoms with E-state index in [0.717, 1.165) is 25.1 Å². The lowest BCUT2D eigenvalue weighted by Gasteiger charge is -2.32. The highest BCUT2D eigenvalue weighted by Crippen LogP contribution is 2.34. The number of nitrogens with one attached hydrogen (secondary N) is 1. The summed E-state index contributed by atoms with van der Waals surface area (Å²) < 4.78 is 13.8. The molecule has 0 amide bonds. The van der Waals surface area contributed by atoms with Gasteiger partial charge in [-0.2, -0.15) is 0 Å². The number of halogens is 1. The molecule has 0 aliphatic carbocycles. The van der Waals surface area contributed by atoms with E-state index in [2.05, 4.69) is 12.2 Å². The summed E-state index contributed by atoms with van der Waals surface area (Å²) in [6, 6.07) is 7.26. The minimum Gasteiger partial charge on any atom is -0.316 e. The molecular weight excluding hydrogens is 201 g/mol. The molecule has 1 heterocycles. The summed E-state index contributed by atoms with van der Waals surface area (Å²) in [6.45, 7) is 4.25. The van der Waals surface area contributed by atoms with E-state index in [0.29, 0.717) is 11.8 Å². The van der Waals surface area contributed by atoms with Gasteiger partial charge in [-0.25, -0.2) is 4.39 Å². The van der Waals surface area contributed by atoms with E-state index in [1.165, 1.54) is 12.8 Å². The van der Waals surface area contributed by atoms with Crippen LogP contribution in [0.25, 0.3) is 0 Å². The van der Waals surface area contributed by atoms with Crippen molar-refractivity contribution in [1.29, 1.82) is 0 Å². The number of benzene rings is 1. The molecule has 2 unspecified atom stereocenters. The molecule has 0 spiro atoms. The van der Waals surface area contributed by atoms with E-state index in [1.807, 2.05) is 12.1 Å².